The molecule has 0 saturated carbocycles. The maximum absolute atomic E-state index is 2.48. The molecule has 0 unspecified atom stereocenters. The van der Waals surface area contributed by atoms with Crippen LogP contribution in [0, 0.1) is 6.92 Å². The van der Waals surface area contributed by atoms with Crippen molar-refractivity contribution in [3.05, 3.63) is 150 Å². The van der Waals surface area contributed by atoms with Crippen molar-refractivity contribution in [1.29, 1.82) is 0 Å². The van der Waals surface area contributed by atoms with Gasteiger partial charge in [0.25, 0.3) is 0 Å². The van der Waals surface area contributed by atoms with Gasteiger partial charge in [-0.15, -0.1) is 0 Å². The second-order valence-electron chi connectivity index (χ2n) is 10.6. The summed E-state index contributed by atoms with van der Waals surface area (Å²) in [6.45, 7) is 2.15. The van der Waals surface area contributed by atoms with Gasteiger partial charge < -0.3 is 9.13 Å². The van der Waals surface area contributed by atoms with Crippen LogP contribution >= 0.6 is 0 Å². The van der Waals surface area contributed by atoms with E-state index in [0.717, 1.165) is 12.8 Å². The van der Waals surface area contributed by atoms with Crippen LogP contribution in [0.3, 0.4) is 0 Å². The summed E-state index contributed by atoms with van der Waals surface area (Å²) < 4.78 is 4.87. The molecule has 0 bridgehead atoms. The zero-order chi connectivity index (χ0) is 25.9. The van der Waals surface area contributed by atoms with Crippen LogP contribution in [0.15, 0.2) is 127 Å². The molecule has 2 heteroatoms. The Labute approximate surface area is 228 Å². The standard InChI is InChI=1S/C37H28N2/c1-25-18-21-28(22-19-25)39-34-16-8-6-13-31(34)37-29(14-9-17-36(37)39)26-20-23-35-32(24-26)30-12-5-7-15-33(30)38(35)27-10-3-2-4-11-27/h2-8,10-16,18-24H,9,17H2,1H3. The van der Waals surface area contributed by atoms with Crippen LogP contribution in [0.1, 0.15) is 28.8 Å². The van der Waals surface area contributed by atoms with Crippen LogP contribution in [0.5, 0.6) is 0 Å². The highest BCUT2D eigenvalue weighted by Gasteiger charge is 2.24. The van der Waals surface area contributed by atoms with Gasteiger partial charge in [-0.1, -0.05) is 84.4 Å². The lowest BCUT2D eigenvalue weighted by molar-refractivity contribution is 0.884. The van der Waals surface area contributed by atoms with Gasteiger partial charge in [0.05, 0.1) is 16.6 Å². The molecule has 2 aromatic heterocycles. The Morgan fingerprint density at radius 1 is 0.538 bits per heavy atom. The molecule has 0 spiro atoms. The fraction of sp³-hybridized carbons (Fsp3) is 0.0811. The fourth-order valence-electron chi connectivity index (χ4n) is 6.53. The first-order chi connectivity index (χ1) is 19.3. The summed E-state index contributed by atoms with van der Waals surface area (Å²) in [5, 5.41) is 3.91. The minimum absolute atomic E-state index is 1.04. The van der Waals surface area contributed by atoms with E-state index in [-0.39, 0.29) is 0 Å². The lowest BCUT2D eigenvalue weighted by Crippen LogP contribution is -2.06. The molecule has 0 amide bonds. The van der Waals surface area contributed by atoms with Crippen molar-refractivity contribution < 1.29 is 0 Å². The predicted octanol–water partition coefficient (Wildman–Crippen LogP) is 9.41. The number of hydrogen-bond donors (Lipinski definition) is 0. The van der Waals surface area contributed by atoms with Crippen LogP contribution in [-0.4, -0.2) is 9.13 Å². The SMILES string of the molecule is Cc1ccc(-n2c3c(c4ccccc42)C(c2ccc4c(c2)c2ccccc2n4-c2ccccc2)=CCC3)cc1. The molecule has 0 N–H and O–H groups in total. The number of para-hydroxylation sites is 3. The van der Waals surface area contributed by atoms with Gasteiger partial charge in [-0.05, 0) is 79.4 Å². The van der Waals surface area contributed by atoms with Gasteiger partial charge in [-0.3, -0.25) is 0 Å². The second-order valence-corrected chi connectivity index (χ2v) is 10.6. The van der Waals surface area contributed by atoms with Crippen LogP contribution in [0.2, 0.25) is 0 Å². The molecule has 39 heavy (non-hydrogen) atoms. The molecule has 2 nitrogen and oxygen atoms in total. The van der Waals surface area contributed by atoms with E-state index >= 15 is 0 Å². The van der Waals surface area contributed by atoms with Gasteiger partial charge in [0.1, 0.15) is 0 Å². The van der Waals surface area contributed by atoms with Crippen molar-refractivity contribution >= 4 is 38.3 Å². The molecule has 0 fully saturated rings. The highest BCUT2D eigenvalue weighted by atomic mass is 15.0. The van der Waals surface area contributed by atoms with E-state index in [2.05, 4.69) is 143 Å². The summed E-state index contributed by atoms with van der Waals surface area (Å²) in [5.74, 6) is 0. The molecule has 186 valence electrons. The highest BCUT2D eigenvalue weighted by Crippen LogP contribution is 2.42. The van der Waals surface area contributed by atoms with E-state index in [4.69, 9.17) is 0 Å². The van der Waals surface area contributed by atoms with Crippen molar-refractivity contribution in [3.8, 4) is 11.4 Å². The van der Waals surface area contributed by atoms with Gasteiger partial charge in [0.15, 0.2) is 0 Å². The Hall–Kier alpha value is -4.82. The zero-order valence-corrected chi connectivity index (χ0v) is 21.9. The molecule has 8 rings (SSSR count). The molecule has 0 saturated heterocycles. The first-order valence-electron chi connectivity index (χ1n) is 13.8. The van der Waals surface area contributed by atoms with Gasteiger partial charge in [0.2, 0.25) is 0 Å². The predicted molar refractivity (Wildman–Crippen MR) is 164 cm³/mol. The van der Waals surface area contributed by atoms with E-state index in [1.54, 1.807) is 0 Å². The number of benzene rings is 5. The quantitative estimate of drug-likeness (QED) is 0.229. The highest BCUT2D eigenvalue weighted by molar-refractivity contribution is 6.11. The molecular formula is C37H28N2. The number of aromatic nitrogens is 2. The normalized spacial score (nSPS) is 13.2. The summed E-state index contributed by atoms with van der Waals surface area (Å²) in [7, 11) is 0. The van der Waals surface area contributed by atoms with Crippen LogP contribution in [-0.2, 0) is 6.42 Å². The maximum Gasteiger partial charge on any atom is 0.0541 e. The molecule has 1 aliphatic carbocycles. The molecular weight excluding hydrogens is 472 g/mol. The van der Waals surface area contributed by atoms with E-state index in [0.29, 0.717) is 0 Å². The summed E-state index contributed by atoms with van der Waals surface area (Å²) in [4.78, 5) is 0. The Kier molecular flexibility index (Phi) is 4.90. The Morgan fingerprint density at radius 2 is 1.18 bits per heavy atom. The van der Waals surface area contributed by atoms with Crippen molar-refractivity contribution in [2.24, 2.45) is 0 Å². The zero-order valence-electron chi connectivity index (χ0n) is 21.9. The summed E-state index contributed by atoms with van der Waals surface area (Å²) >= 11 is 0. The molecule has 0 aliphatic heterocycles. The third-order valence-corrected chi connectivity index (χ3v) is 8.26. The number of fused-ring (bicyclic) bond motifs is 6. The van der Waals surface area contributed by atoms with Gasteiger partial charge in [0, 0.05) is 38.8 Å². The third-order valence-electron chi connectivity index (χ3n) is 8.26. The van der Waals surface area contributed by atoms with E-state index in [1.165, 1.54) is 72.0 Å². The molecule has 2 heterocycles. The minimum atomic E-state index is 1.04. The summed E-state index contributed by atoms with van der Waals surface area (Å²) in [5.41, 5.74) is 12.9. The number of nitrogens with zero attached hydrogens (tertiary/aromatic N) is 2. The summed E-state index contributed by atoms with van der Waals surface area (Å²) in [6, 6.07) is 44.3. The van der Waals surface area contributed by atoms with Crippen LogP contribution < -0.4 is 0 Å². The average molecular weight is 501 g/mol. The Morgan fingerprint density at radius 3 is 1.97 bits per heavy atom. The van der Waals surface area contributed by atoms with Gasteiger partial charge in [-0.25, -0.2) is 0 Å². The van der Waals surface area contributed by atoms with Crippen molar-refractivity contribution in [3.63, 3.8) is 0 Å². The average Bonchev–Trinajstić information content (AvgIpc) is 3.51. The van der Waals surface area contributed by atoms with Crippen molar-refractivity contribution in [2.75, 3.05) is 0 Å². The van der Waals surface area contributed by atoms with Crippen LogP contribution in [0.25, 0.3) is 49.7 Å². The first kappa shape index (κ1) is 22.2. The van der Waals surface area contributed by atoms with Crippen molar-refractivity contribution in [2.45, 2.75) is 19.8 Å². The summed E-state index contributed by atoms with van der Waals surface area (Å²) in [6.07, 6.45) is 4.52. The number of rotatable bonds is 3. The fourth-order valence-corrected chi connectivity index (χ4v) is 6.53. The lowest BCUT2D eigenvalue weighted by Gasteiger charge is -2.18. The maximum atomic E-state index is 2.48. The van der Waals surface area contributed by atoms with Gasteiger partial charge in [-0.2, -0.15) is 0 Å². The topological polar surface area (TPSA) is 9.86 Å². The first-order valence-corrected chi connectivity index (χ1v) is 13.8. The molecule has 0 atom stereocenters. The second kappa shape index (κ2) is 8.61. The third kappa shape index (κ3) is 3.35. The molecule has 1 aliphatic rings. The Balaban J connectivity index is 1.37. The van der Waals surface area contributed by atoms with Crippen LogP contribution in [0.4, 0.5) is 0 Å². The molecule has 7 aromatic rings. The van der Waals surface area contributed by atoms with Gasteiger partial charge >= 0.3 is 0 Å². The minimum Gasteiger partial charge on any atom is -0.313 e. The van der Waals surface area contributed by atoms with E-state index in [1.807, 2.05) is 0 Å². The number of hydrogen-bond acceptors (Lipinski definition) is 0. The lowest BCUT2D eigenvalue weighted by atomic mass is 9.88. The Bertz CT molecular complexity index is 2050. The molecule has 0 radical (unpaired) electrons. The largest absolute Gasteiger partial charge is 0.313 e. The smallest absolute Gasteiger partial charge is 0.0541 e. The number of allylic oxidation sites excluding steroid dienone is 1. The van der Waals surface area contributed by atoms with E-state index < -0.39 is 0 Å². The van der Waals surface area contributed by atoms with Crippen molar-refractivity contribution in [1.82, 2.24) is 9.13 Å². The monoisotopic (exact) mass is 500 g/mol. The number of aryl methyl sites for hydroxylation is 1. The van der Waals surface area contributed by atoms with E-state index in [9.17, 15) is 0 Å². The molecule has 5 aromatic carbocycles.